The first-order chi connectivity index (χ1) is 7.80. The van der Waals surface area contributed by atoms with Crippen molar-refractivity contribution in [2.75, 3.05) is 14.1 Å². The largest absolute Gasteiger partial charge is 0.349 e. The van der Waals surface area contributed by atoms with Crippen LogP contribution in [0.25, 0.3) is 0 Å². The highest BCUT2D eigenvalue weighted by Gasteiger charge is 2.18. The van der Waals surface area contributed by atoms with Gasteiger partial charge in [-0.3, -0.25) is 9.48 Å². The van der Waals surface area contributed by atoms with Crippen LogP contribution in [0, 0.1) is 0 Å². The molecular weight excluding hydrogens is 218 g/mol. The molecule has 0 saturated carbocycles. The van der Waals surface area contributed by atoms with Crippen molar-refractivity contribution in [2.45, 2.75) is 38.8 Å². The molecule has 0 bridgehead atoms. The highest BCUT2D eigenvalue weighted by molar-refractivity contribution is 5.75. The molecule has 0 aliphatic rings. The van der Waals surface area contributed by atoms with Gasteiger partial charge in [-0.05, 0) is 20.3 Å². The van der Waals surface area contributed by atoms with Crippen LogP contribution in [0.1, 0.15) is 32.4 Å². The lowest BCUT2D eigenvalue weighted by Gasteiger charge is -2.13. The van der Waals surface area contributed by atoms with E-state index in [0.29, 0.717) is 13.0 Å². The standard InChI is InChI=1S/C11H21N5O/c1-11(2,12)9-8-16(14-13-9)7-5-6-10(17)15(3)4/h8H,5-7,12H2,1-4H3. The zero-order valence-corrected chi connectivity index (χ0v) is 11.0. The van der Waals surface area contributed by atoms with E-state index in [4.69, 9.17) is 5.73 Å². The maximum Gasteiger partial charge on any atom is 0.222 e. The second kappa shape index (κ2) is 5.27. The molecule has 0 radical (unpaired) electrons. The number of amides is 1. The number of hydrogen-bond donors (Lipinski definition) is 1. The third kappa shape index (κ3) is 4.14. The SMILES string of the molecule is CN(C)C(=O)CCCn1cc(C(C)(C)N)nn1. The maximum atomic E-state index is 11.4. The van der Waals surface area contributed by atoms with Crippen molar-refractivity contribution in [1.29, 1.82) is 0 Å². The molecule has 0 fully saturated rings. The van der Waals surface area contributed by atoms with Gasteiger partial charge in [0.1, 0.15) is 5.69 Å². The minimum atomic E-state index is -0.474. The van der Waals surface area contributed by atoms with Gasteiger partial charge in [-0.2, -0.15) is 0 Å². The van der Waals surface area contributed by atoms with Crippen molar-refractivity contribution in [1.82, 2.24) is 19.9 Å². The zero-order valence-electron chi connectivity index (χ0n) is 11.0. The van der Waals surface area contributed by atoms with Gasteiger partial charge < -0.3 is 10.6 Å². The van der Waals surface area contributed by atoms with E-state index in [2.05, 4.69) is 10.3 Å². The summed E-state index contributed by atoms with van der Waals surface area (Å²) in [6, 6.07) is 0. The highest BCUT2D eigenvalue weighted by Crippen LogP contribution is 2.12. The number of hydrogen-bond acceptors (Lipinski definition) is 4. The molecule has 6 nitrogen and oxygen atoms in total. The number of aryl methyl sites for hydroxylation is 1. The van der Waals surface area contributed by atoms with Gasteiger partial charge in [-0.25, -0.2) is 0 Å². The number of rotatable bonds is 5. The molecule has 0 aliphatic heterocycles. The Labute approximate surface area is 102 Å². The molecule has 0 spiro atoms. The molecule has 0 saturated heterocycles. The van der Waals surface area contributed by atoms with Crippen molar-refractivity contribution in [3.8, 4) is 0 Å². The van der Waals surface area contributed by atoms with Gasteiger partial charge in [0.2, 0.25) is 5.91 Å². The molecule has 96 valence electrons. The first-order valence-corrected chi connectivity index (χ1v) is 5.70. The topological polar surface area (TPSA) is 77.0 Å². The summed E-state index contributed by atoms with van der Waals surface area (Å²) in [7, 11) is 3.51. The smallest absolute Gasteiger partial charge is 0.222 e. The second-order valence-corrected chi connectivity index (χ2v) is 4.98. The Morgan fingerprint density at radius 3 is 2.65 bits per heavy atom. The average molecular weight is 239 g/mol. The molecule has 1 rings (SSSR count). The third-order valence-electron chi connectivity index (χ3n) is 2.48. The lowest BCUT2D eigenvalue weighted by molar-refractivity contribution is -0.128. The lowest BCUT2D eigenvalue weighted by Crippen LogP contribution is -2.29. The number of nitrogens with zero attached hydrogens (tertiary/aromatic N) is 4. The van der Waals surface area contributed by atoms with Crippen LogP contribution in [0.5, 0.6) is 0 Å². The molecule has 0 aromatic carbocycles. The maximum absolute atomic E-state index is 11.4. The fourth-order valence-corrected chi connectivity index (χ4v) is 1.32. The van der Waals surface area contributed by atoms with Gasteiger partial charge in [-0.1, -0.05) is 5.21 Å². The van der Waals surface area contributed by atoms with Crippen molar-refractivity contribution < 1.29 is 4.79 Å². The van der Waals surface area contributed by atoms with Crippen LogP contribution in [0.3, 0.4) is 0 Å². The van der Waals surface area contributed by atoms with Crippen molar-refractivity contribution >= 4 is 5.91 Å². The summed E-state index contributed by atoms with van der Waals surface area (Å²) >= 11 is 0. The van der Waals surface area contributed by atoms with Crippen LogP contribution in [-0.4, -0.2) is 39.9 Å². The monoisotopic (exact) mass is 239 g/mol. The molecule has 1 heterocycles. The van der Waals surface area contributed by atoms with Crippen LogP contribution in [0.2, 0.25) is 0 Å². The van der Waals surface area contributed by atoms with Crippen molar-refractivity contribution in [3.63, 3.8) is 0 Å². The van der Waals surface area contributed by atoms with Crippen molar-refractivity contribution in [2.24, 2.45) is 5.73 Å². The van der Waals surface area contributed by atoms with Crippen LogP contribution in [-0.2, 0) is 16.9 Å². The number of carbonyl (C=O) groups excluding carboxylic acids is 1. The Balaban J connectivity index is 2.43. The van der Waals surface area contributed by atoms with E-state index in [1.165, 1.54) is 0 Å². The minimum absolute atomic E-state index is 0.129. The summed E-state index contributed by atoms with van der Waals surface area (Å²) < 4.78 is 1.73. The second-order valence-electron chi connectivity index (χ2n) is 4.98. The van der Waals surface area contributed by atoms with Crippen molar-refractivity contribution in [3.05, 3.63) is 11.9 Å². The third-order valence-corrected chi connectivity index (χ3v) is 2.48. The Morgan fingerprint density at radius 2 is 2.18 bits per heavy atom. The minimum Gasteiger partial charge on any atom is -0.349 e. The van der Waals surface area contributed by atoms with E-state index in [9.17, 15) is 4.79 Å². The first kappa shape index (κ1) is 13.6. The van der Waals surface area contributed by atoms with E-state index in [1.54, 1.807) is 23.7 Å². The summed E-state index contributed by atoms with van der Waals surface area (Å²) in [6.07, 6.45) is 3.11. The fraction of sp³-hybridized carbons (Fsp3) is 0.727. The van der Waals surface area contributed by atoms with E-state index in [-0.39, 0.29) is 5.91 Å². The lowest BCUT2D eigenvalue weighted by atomic mass is 10.0. The van der Waals surface area contributed by atoms with Crippen LogP contribution in [0.4, 0.5) is 0 Å². The van der Waals surface area contributed by atoms with Gasteiger partial charge in [0.05, 0.1) is 11.7 Å². The van der Waals surface area contributed by atoms with E-state index in [1.807, 2.05) is 20.0 Å². The van der Waals surface area contributed by atoms with E-state index < -0.39 is 5.54 Å². The van der Waals surface area contributed by atoms with Gasteiger partial charge in [0, 0.05) is 27.1 Å². The molecule has 6 heteroatoms. The number of carbonyl (C=O) groups is 1. The van der Waals surface area contributed by atoms with Crippen LogP contribution < -0.4 is 5.73 Å². The summed E-state index contributed by atoms with van der Waals surface area (Å²) in [5.41, 5.74) is 6.20. The van der Waals surface area contributed by atoms with E-state index in [0.717, 1.165) is 12.1 Å². The Bertz CT molecular complexity index is 377. The first-order valence-electron chi connectivity index (χ1n) is 5.70. The summed E-state index contributed by atoms with van der Waals surface area (Å²) in [5.74, 6) is 0.129. The van der Waals surface area contributed by atoms with Gasteiger partial charge >= 0.3 is 0 Å². The Kier molecular flexibility index (Phi) is 4.22. The summed E-state index contributed by atoms with van der Waals surface area (Å²) in [6.45, 7) is 4.45. The average Bonchev–Trinajstić information content (AvgIpc) is 2.65. The predicted octanol–water partition coefficient (Wildman–Crippen LogP) is 0.340. The fourth-order valence-electron chi connectivity index (χ4n) is 1.32. The van der Waals surface area contributed by atoms with Crippen LogP contribution >= 0.6 is 0 Å². The quantitative estimate of drug-likeness (QED) is 0.803. The molecule has 1 aromatic rings. The zero-order chi connectivity index (χ0) is 13.1. The van der Waals surface area contributed by atoms with Gasteiger partial charge in [0.25, 0.3) is 0 Å². The van der Waals surface area contributed by atoms with Crippen LogP contribution in [0.15, 0.2) is 6.20 Å². The van der Waals surface area contributed by atoms with E-state index >= 15 is 0 Å². The molecule has 1 amide bonds. The molecule has 17 heavy (non-hydrogen) atoms. The number of nitrogens with two attached hydrogens (primary N) is 1. The highest BCUT2D eigenvalue weighted by atomic mass is 16.2. The molecule has 1 aromatic heterocycles. The Hall–Kier alpha value is -1.43. The predicted molar refractivity (Wildman–Crippen MR) is 65.2 cm³/mol. The summed E-state index contributed by atoms with van der Waals surface area (Å²) in [4.78, 5) is 13.0. The molecular formula is C11H21N5O. The summed E-state index contributed by atoms with van der Waals surface area (Å²) in [5, 5.41) is 8.00. The number of aromatic nitrogens is 3. The Morgan fingerprint density at radius 1 is 1.53 bits per heavy atom. The molecule has 0 unspecified atom stereocenters. The molecule has 0 aliphatic carbocycles. The van der Waals surface area contributed by atoms with Gasteiger partial charge in [-0.15, -0.1) is 5.10 Å². The normalized spacial score (nSPS) is 11.6. The molecule has 0 atom stereocenters. The van der Waals surface area contributed by atoms with Gasteiger partial charge in [0.15, 0.2) is 0 Å². The molecule has 2 N–H and O–H groups in total.